The summed E-state index contributed by atoms with van der Waals surface area (Å²) in [5, 5.41) is 6.69. The molecule has 0 N–H and O–H groups in total. The van der Waals surface area contributed by atoms with Gasteiger partial charge in [-0.25, -0.2) is 4.57 Å². The Balaban J connectivity index is 1.73. The van der Waals surface area contributed by atoms with Gasteiger partial charge in [-0.05, 0) is 47.9 Å². The minimum absolute atomic E-state index is 0.838. The minimum Gasteiger partial charge on any atom is -0.306 e. The van der Waals surface area contributed by atoms with E-state index in [4.69, 9.17) is 0 Å². The molecule has 1 saturated carbocycles. The number of fused-ring (bicyclic) bond motifs is 5. The lowest BCUT2D eigenvalue weighted by atomic mass is 9.94. The third-order valence-electron chi connectivity index (χ3n) is 7.69. The fourth-order valence-corrected chi connectivity index (χ4v) is 6.29. The zero-order chi connectivity index (χ0) is 20.7. The molecular formula is C28H26N3+. The maximum absolute atomic E-state index is 4.51. The molecular weight excluding hydrogens is 378 g/mol. The van der Waals surface area contributed by atoms with Gasteiger partial charge < -0.3 is 4.40 Å². The van der Waals surface area contributed by atoms with Crippen LogP contribution in [0.1, 0.15) is 36.8 Å². The number of pyridine rings is 3. The Bertz CT molecular complexity index is 1630. The number of hydrogen-bond acceptors (Lipinski definition) is 1. The Hall–Kier alpha value is -3.20. The van der Waals surface area contributed by atoms with Gasteiger partial charge in [-0.15, -0.1) is 0 Å². The molecule has 1 fully saturated rings. The Kier molecular flexibility index (Phi) is 3.47. The lowest BCUT2D eigenvalue weighted by molar-refractivity contribution is -0.643. The number of rotatable bonds is 2. The number of nitrogens with zero attached hydrogens (tertiary/aromatic N) is 3. The molecule has 152 valence electrons. The quantitative estimate of drug-likeness (QED) is 0.190. The molecule has 0 spiro atoms. The third-order valence-corrected chi connectivity index (χ3v) is 7.69. The van der Waals surface area contributed by atoms with E-state index >= 15 is 0 Å². The maximum Gasteiger partial charge on any atom is 0.224 e. The lowest BCUT2D eigenvalue weighted by Gasteiger charge is -2.15. The van der Waals surface area contributed by atoms with Crippen molar-refractivity contribution in [3.05, 3.63) is 66.1 Å². The molecule has 2 aromatic carbocycles. The molecule has 3 heteroatoms. The van der Waals surface area contributed by atoms with E-state index in [9.17, 15) is 0 Å². The first-order valence-corrected chi connectivity index (χ1v) is 11.5. The number of benzene rings is 2. The van der Waals surface area contributed by atoms with Crippen LogP contribution in [-0.2, 0) is 13.5 Å². The van der Waals surface area contributed by atoms with E-state index < -0.39 is 0 Å². The van der Waals surface area contributed by atoms with Crippen molar-refractivity contribution in [2.75, 3.05) is 0 Å². The van der Waals surface area contributed by atoms with E-state index in [1.54, 1.807) is 0 Å². The van der Waals surface area contributed by atoms with Gasteiger partial charge in [-0.2, -0.15) is 0 Å². The summed E-state index contributed by atoms with van der Waals surface area (Å²) in [7, 11) is 2.18. The van der Waals surface area contributed by atoms with Crippen LogP contribution in [0.4, 0.5) is 0 Å². The van der Waals surface area contributed by atoms with Gasteiger partial charge in [0.25, 0.3) is 0 Å². The van der Waals surface area contributed by atoms with Crippen molar-refractivity contribution in [1.29, 1.82) is 0 Å². The van der Waals surface area contributed by atoms with Gasteiger partial charge in [0, 0.05) is 23.0 Å². The van der Waals surface area contributed by atoms with Crippen LogP contribution in [0.3, 0.4) is 0 Å². The molecule has 31 heavy (non-hydrogen) atoms. The highest BCUT2D eigenvalue weighted by Crippen LogP contribution is 2.41. The average molecular weight is 405 g/mol. The highest BCUT2D eigenvalue weighted by atomic mass is 15.0. The van der Waals surface area contributed by atoms with Crippen molar-refractivity contribution in [2.24, 2.45) is 13.0 Å². The molecule has 1 aliphatic carbocycles. The standard InChI is InChI=1S/C28H26N3/c1-17-7-8-22-21-9-11-29-16-24(21)31-23-15-19(13-18-5-3-4-6-18)14-20-10-12-30(2)28(26(20)23)25(17)27(22)31/h7-12,14-16,18H,3-6,13H2,1-2H3/q+1. The summed E-state index contributed by atoms with van der Waals surface area (Å²) < 4.78 is 4.80. The van der Waals surface area contributed by atoms with E-state index in [2.05, 4.69) is 70.5 Å². The van der Waals surface area contributed by atoms with E-state index in [1.165, 1.54) is 92.2 Å². The molecule has 0 bridgehead atoms. The smallest absolute Gasteiger partial charge is 0.224 e. The summed E-state index contributed by atoms with van der Waals surface area (Å²) in [6.45, 7) is 2.24. The van der Waals surface area contributed by atoms with E-state index in [1.807, 2.05) is 12.4 Å². The molecule has 0 amide bonds. The van der Waals surface area contributed by atoms with Crippen molar-refractivity contribution < 1.29 is 4.57 Å². The number of hydrogen-bond donors (Lipinski definition) is 0. The molecule has 7 rings (SSSR count). The predicted octanol–water partition coefficient (Wildman–Crippen LogP) is 6.25. The van der Waals surface area contributed by atoms with Gasteiger partial charge in [0.15, 0.2) is 6.20 Å². The average Bonchev–Trinajstić information content (AvgIpc) is 3.40. The van der Waals surface area contributed by atoms with Crippen LogP contribution >= 0.6 is 0 Å². The Morgan fingerprint density at radius 1 is 1.00 bits per heavy atom. The second-order valence-electron chi connectivity index (χ2n) is 9.59. The van der Waals surface area contributed by atoms with Gasteiger partial charge in [-0.3, -0.25) is 4.98 Å². The van der Waals surface area contributed by atoms with Crippen molar-refractivity contribution in [3.8, 4) is 0 Å². The zero-order valence-electron chi connectivity index (χ0n) is 18.2. The third kappa shape index (κ3) is 2.29. The van der Waals surface area contributed by atoms with Gasteiger partial charge in [0.1, 0.15) is 7.05 Å². The first kappa shape index (κ1) is 17.5. The summed E-state index contributed by atoms with van der Waals surface area (Å²) in [6.07, 6.45) is 12.9. The molecule has 3 nitrogen and oxygen atoms in total. The summed E-state index contributed by atoms with van der Waals surface area (Å²) >= 11 is 0. The van der Waals surface area contributed by atoms with Crippen molar-refractivity contribution >= 4 is 49.0 Å². The fraction of sp³-hybridized carbons (Fsp3) is 0.286. The van der Waals surface area contributed by atoms with Crippen molar-refractivity contribution in [1.82, 2.24) is 9.38 Å². The first-order valence-electron chi connectivity index (χ1n) is 11.5. The van der Waals surface area contributed by atoms with E-state index in [0.29, 0.717) is 0 Å². The lowest BCUT2D eigenvalue weighted by Crippen LogP contribution is -2.29. The summed E-state index contributed by atoms with van der Waals surface area (Å²) in [5.74, 6) is 0.838. The van der Waals surface area contributed by atoms with Crippen LogP contribution in [0.25, 0.3) is 49.0 Å². The van der Waals surface area contributed by atoms with Crippen LogP contribution in [0, 0.1) is 12.8 Å². The monoisotopic (exact) mass is 404 g/mol. The van der Waals surface area contributed by atoms with Crippen molar-refractivity contribution in [2.45, 2.75) is 39.0 Å². The molecule has 6 aromatic rings. The molecule has 0 atom stereocenters. The van der Waals surface area contributed by atoms with E-state index in [0.717, 1.165) is 5.92 Å². The van der Waals surface area contributed by atoms with Crippen molar-refractivity contribution in [3.63, 3.8) is 0 Å². The number of aromatic nitrogens is 3. The molecule has 4 heterocycles. The van der Waals surface area contributed by atoms with Crippen LogP contribution in [0.15, 0.2) is 55.0 Å². The number of aryl methyl sites for hydroxylation is 2. The highest BCUT2D eigenvalue weighted by molar-refractivity contribution is 6.25. The maximum atomic E-state index is 4.51. The summed E-state index contributed by atoms with van der Waals surface area (Å²) in [4.78, 5) is 4.51. The van der Waals surface area contributed by atoms with Gasteiger partial charge in [0.2, 0.25) is 5.52 Å². The molecule has 0 unspecified atom stereocenters. The van der Waals surface area contributed by atoms with Crippen LogP contribution in [-0.4, -0.2) is 9.38 Å². The fourth-order valence-electron chi connectivity index (χ4n) is 6.29. The molecule has 4 aromatic heterocycles. The summed E-state index contributed by atoms with van der Waals surface area (Å²) in [6, 6.07) is 14.0. The van der Waals surface area contributed by atoms with Crippen LogP contribution < -0.4 is 4.57 Å². The van der Waals surface area contributed by atoms with E-state index in [-0.39, 0.29) is 0 Å². The van der Waals surface area contributed by atoms with Gasteiger partial charge in [0.05, 0.1) is 33.5 Å². The summed E-state index contributed by atoms with van der Waals surface area (Å²) in [5.41, 5.74) is 8.00. The zero-order valence-corrected chi connectivity index (χ0v) is 18.2. The Morgan fingerprint density at radius 3 is 2.74 bits per heavy atom. The first-order chi connectivity index (χ1) is 15.2. The second kappa shape index (κ2) is 6.16. The SMILES string of the molecule is Cc1ccc2c3ccncc3n3c4cc(CC5CCCC5)cc5cc[n+](C)c(c1c23)c54. The molecule has 0 radical (unpaired) electrons. The second-order valence-corrected chi connectivity index (χ2v) is 9.59. The molecule has 0 aliphatic heterocycles. The largest absolute Gasteiger partial charge is 0.306 e. The Labute approximate surface area is 181 Å². The Morgan fingerprint density at radius 2 is 1.87 bits per heavy atom. The topological polar surface area (TPSA) is 21.2 Å². The normalized spacial score (nSPS) is 15.5. The van der Waals surface area contributed by atoms with Crippen LogP contribution in [0.5, 0.6) is 0 Å². The van der Waals surface area contributed by atoms with Gasteiger partial charge in [-0.1, -0.05) is 43.9 Å². The van der Waals surface area contributed by atoms with Crippen LogP contribution in [0.2, 0.25) is 0 Å². The molecule has 0 saturated heterocycles. The predicted molar refractivity (Wildman–Crippen MR) is 128 cm³/mol. The highest BCUT2D eigenvalue weighted by Gasteiger charge is 2.24. The van der Waals surface area contributed by atoms with Gasteiger partial charge >= 0.3 is 0 Å². The minimum atomic E-state index is 0.838. The molecule has 1 aliphatic rings.